The van der Waals surface area contributed by atoms with Gasteiger partial charge in [-0.1, -0.05) is 44.7 Å². The molecule has 0 aliphatic carbocycles. The topological polar surface area (TPSA) is 58.6 Å². The van der Waals surface area contributed by atoms with Gasteiger partial charge in [0, 0.05) is 6.54 Å². The summed E-state index contributed by atoms with van der Waals surface area (Å²) in [7, 11) is 0. The number of carbonyl (C=O) groups is 1. The van der Waals surface area contributed by atoms with Gasteiger partial charge in [0.2, 0.25) is 0 Å². The minimum Gasteiger partial charge on any atom is -0.494 e. The molecule has 0 atom stereocenters. The second kappa shape index (κ2) is 12.9. The van der Waals surface area contributed by atoms with Gasteiger partial charge in [0.05, 0.1) is 13.0 Å². The molecular formula is C19H31NO3. The smallest absolute Gasteiger partial charge is 0.304 e. The molecule has 0 amide bonds. The van der Waals surface area contributed by atoms with Gasteiger partial charge in [-0.05, 0) is 43.5 Å². The van der Waals surface area contributed by atoms with Gasteiger partial charge in [0.15, 0.2) is 0 Å². The van der Waals surface area contributed by atoms with Crippen molar-refractivity contribution < 1.29 is 14.6 Å². The number of rotatable bonds is 14. The monoisotopic (exact) mass is 321 g/mol. The highest BCUT2D eigenvalue weighted by Crippen LogP contribution is 2.15. The molecule has 0 aliphatic rings. The summed E-state index contributed by atoms with van der Waals surface area (Å²) in [6.45, 7) is 4.40. The van der Waals surface area contributed by atoms with Crippen molar-refractivity contribution in [2.45, 2.75) is 58.3 Å². The Bertz CT molecular complexity index is 434. The number of nitrogens with one attached hydrogen (secondary N) is 1. The molecular weight excluding hydrogens is 290 g/mol. The summed E-state index contributed by atoms with van der Waals surface area (Å²) in [6.07, 6.45) is 8.42. The highest BCUT2D eigenvalue weighted by Gasteiger charge is 1.99. The third kappa shape index (κ3) is 10.7. The molecule has 0 unspecified atom stereocenters. The summed E-state index contributed by atoms with van der Waals surface area (Å²) < 4.78 is 5.82. The number of carboxylic acid groups (broad SMARTS) is 1. The van der Waals surface area contributed by atoms with E-state index >= 15 is 0 Å². The van der Waals surface area contributed by atoms with Gasteiger partial charge in [-0.3, -0.25) is 4.79 Å². The molecule has 0 heterocycles. The number of aliphatic carboxylic acids is 1. The third-order valence-electron chi connectivity index (χ3n) is 3.75. The van der Waals surface area contributed by atoms with Crippen LogP contribution >= 0.6 is 0 Å². The van der Waals surface area contributed by atoms with Gasteiger partial charge in [-0.2, -0.15) is 0 Å². The maximum atomic E-state index is 10.4. The first-order valence-corrected chi connectivity index (χ1v) is 8.86. The van der Waals surface area contributed by atoms with E-state index in [-0.39, 0.29) is 6.42 Å². The maximum absolute atomic E-state index is 10.4. The number of ether oxygens (including phenoxy) is 1. The highest BCUT2D eigenvalue weighted by molar-refractivity contribution is 5.66. The summed E-state index contributed by atoms with van der Waals surface area (Å²) in [4.78, 5) is 10.4. The summed E-state index contributed by atoms with van der Waals surface area (Å²) >= 11 is 0. The van der Waals surface area contributed by atoms with E-state index in [0.717, 1.165) is 38.2 Å². The highest BCUT2D eigenvalue weighted by atomic mass is 16.5. The predicted molar refractivity (Wildman–Crippen MR) is 94.1 cm³/mol. The van der Waals surface area contributed by atoms with Crippen molar-refractivity contribution in [3.8, 4) is 5.75 Å². The van der Waals surface area contributed by atoms with Crippen molar-refractivity contribution in [2.75, 3.05) is 19.7 Å². The molecule has 1 aromatic rings. The predicted octanol–water partition coefficient (Wildman–Crippen LogP) is 4.03. The molecule has 23 heavy (non-hydrogen) atoms. The van der Waals surface area contributed by atoms with E-state index in [2.05, 4.69) is 24.4 Å². The van der Waals surface area contributed by atoms with Crippen LogP contribution in [0.15, 0.2) is 24.3 Å². The van der Waals surface area contributed by atoms with E-state index < -0.39 is 5.97 Å². The lowest BCUT2D eigenvalue weighted by atomic mass is 10.1. The van der Waals surface area contributed by atoms with Crippen LogP contribution in [0.5, 0.6) is 5.75 Å². The fraction of sp³-hybridized carbons (Fsp3) is 0.632. The fourth-order valence-corrected chi connectivity index (χ4v) is 2.42. The molecule has 0 aromatic heterocycles. The van der Waals surface area contributed by atoms with Crippen molar-refractivity contribution in [1.82, 2.24) is 5.32 Å². The Morgan fingerprint density at radius 2 is 1.96 bits per heavy atom. The van der Waals surface area contributed by atoms with Crippen LogP contribution in [0.4, 0.5) is 0 Å². The molecule has 0 spiro atoms. The zero-order chi connectivity index (χ0) is 16.8. The van der Waals surface area contributed by atoms with Gasteiger partial charge in [-0.25, -0.2) is 0 Å². The first-order chi connectivity index (χ1) is 11.2. The first-order valence-electron chi connectivity index (χ1n) is 8.86. The van der Waals surface area contributed by atoms with Gasteiger partial charge in [-0.15, -0.1) is 0 Å². The molecule has 0 saturated heterocycles. The Morgan fingerprint density at radius 1 is 1.13 bits per heavy atom. The van der Waals surface area contributed by atoms with Gasteiger partial charge in [0.1, 0.15) is 5.75 Å². The van der Waals surface area contributed by atoms with E-state index in [1.54, 1.807) is 0 Å². The third-order valence-corrected chi connectivity index (χ3v) is 3.75. The average Bonchev–Trinajstić information content (AvgIpc) is 2.54. The van der Waals surface area contributed by atoms with Crippen LogP contribution in [0.3, 0.4) is 0 Å². The van der Waals surface area contributed by atoms with E-state index in [1.807, 2.05) is 12.1 Å². The number of hydrogen-bond donors (Lipinski definition) is 2. The Balaban J connectivity index is 2.13. The van der Waals surface area contributed by atoms with Crippen molar-refractivity contribution in [3.63, 3.8) is 0 Å². The zero-order valence-electron chi connectivity index (χ0n) is 14.4. The average molecular weight is 321 g/mol. The van der Waals surface area contributed by atoms with Crippen LogP contribution < -0.4 is 10.1 Å². The van der Waals surface area contributed by atoms with Crippen molar-refractivity contribution in [1.29, 1.82) is 0 Å². The summed E-state index contributed by atoms with van der Waals surface area (Å²) in [5.74, 6) is 0.203. The summed E-state index contributed by atoms with van der Waals surface area (Å²) in [6, 6.07) is 8.29. The van der Waals surface area contributed by atoms with Crippen LogP contribution in [-0.4, -0.2) is 30.8 Å². The molecule has 4 heteroatoms. The molecule has 0 saturated carbocycles. The van der Waals surface area contributed by atoms with E-state index in [4.69, 9.17) is 9.84 Å². The Morgan fingerprint density at radius 3 is 2.74 bits per heavy atom. The fourth-order valence-electron chi connectivity index (χ4n) is 2.42. The molecule has 0 aliphatic heterocycles. The lowest BCUT2D eigenvalue weighted by Crippen LogP contribution is -2.19. The molecule has 1 rings (SSSR count). The summed E-state index contributed by atoms with van der Waals surface area (Å²) in [5, 5.41) is 11.7. The van der Waals surface area contributed by atoms with Crippen molar-refractivity contribution in [3.05, 3.63) is 29.8 Å². The number of unbranched alkanes of at least 4 members (excludes halogenated alkanes) is 4. The number of benzene rings is 1. The zero-order valence-corrected chi connectivity index (χ0v) is 14.4. The maximum Gasteiger partial charge on any atom is 0.304 e. The van der Waals surface area contributed by atoms with Crippen LogP contribution in [0.25, 0.3) is 0 Å². The Kier molecular flexibility index (Phi) is 11.0. The standard InChI is InChI=1S/C19H31NO3/c1-2-3-4-5-6-15-23-18-11-7-9-17(16-18)10-8-13-20-14-12-19(21)22/h7,9,11,16,20H,2-6,8,10,12-15H2,1H3,(H,21,22). The lowest BCUT2D eigenvalue weighted by molar-refractivity contribution is -0.136. The molecule has 130 valence electrons. The van der Waals surface area contributed by atoms with Crippen molar-refractivity contribution in [2.24, 2.45) is 0 Å². The second-order valence-corrected chi connectivity index (χ2v) is 5.91. The van der Waals surface area contributed by atoms with Gasteiger partial charge in [0.25, 0.3) is 0 Å². The molecule has 4 nitrogen and oxygen atoms in total. The number of aryl methyl sites for hydroxylation is 1. The van der Waals surface area contributed by atoms with E-state index in [0.29, 0.717) is 6.54 Å². The normalized spacial score (nSPS) is 10.7. The Labute approximate surface area is 140 Å². The lowest BCUT2D eigenvalue weighted by Gasteiger charge is -2.08. The van der Waals surface area contributed by atoms with Gasteiger partial charge < -0.3 is 15.2 Å². The molecule has 0 radical (unpaired) electrons. The Hall–Kier alpha value is -1.55. The largest absolute Gasteiger partial charge is 0.494 e. The molecule has 0 fully saturated rings. The number of hydrogen-bond acceptors (Lipinski definition) is 3. The van der Waals surface area contributed by atoms with Crippen LogP contribution in [0.2, 0.25) is 0 Å². The van der Waals surface area contributed by atoms with Crippen LogP contribution in [0, 0.1) is 0 Å². The minimum atomic E-state index is -0.753. The first kappa shape index (κ1) is 19.5. The van der Waals surface area contributed by atoms with Crippen molar-refractivity contribution >= 4 is 5.97 Å². The van der Waals surface area contributed by atoms with Crippen LogP contribution in [0.1, 0.15) is 57.4 Å². The number of carboxylic acids is 1. The second-order valence-electron chi connectivity index (χ2n) is 5.91. The van der Waals surface area contributed by atoms with Crippen LogP contribution in [-0.2, 0) is 11.2 Å². The molecule has 2 N–H and O–H groups in total. The molecule has 0 bridgehead atoms. The molecule has 1 aromatic carbocycles. The van der Waals surface area contributed by atoms with E-state index in [9.17, 15) is 4.79 Å². The quantitative estimate of drug-likeness (QED) is 0.508. The summed E-state index contributed by atoms with van der Waals surface area (Å²) in [5.41, 5.74) is 1.27. The minimum absolute atomic E-state index is 0.182. The van der Waals surface area contributed by atoms with E-state index in [1.165, 1.54) is 31.2 Å². The SMILES string of the molecule is CCCCCCCOc1cccc(CCCNCCC(=O)O)c1. The van der Waals surface area contributed by atoms with Gasteiger partial charge >= 0.3 is 5.97 Å².